The first-order valence-electron chi connectivity index (χ1n) is 4.16. The highest BCUT2D eigenvalue weighted by Crippen LogP contribution is 2.15. The molecule has 0 spiro atoms. The molecule has 0 aliphatic rings. The number of Topliss-reactive ketones (excluding diaryl/α,β-unsaturated/α-hetero) is 1. The molecule has 14 heavy (non-hydrogen) atoms. The molecule has 1 aromatic rings. The molecule has 0 aliphatic carbocycles. The molecular formula is C11H10F2O. The van der Waals surface area contributed by atoms with Gasteiger partial charge in [-0.15, -0.1) is 6.58 Å². The SMILES string of the molecule is C=CCC(=O)c1cc(C)c(F)cc1F. The molecule has 0 aliphatic heterocycles. The summed E-state index contributed by atoms with van der Waals surface area (Å²) in [6.07, 6.45) is 1.45. The Labute approximate surface area is 81.1 Å². The Morgan fingerprint density at radius 3 is 2.64 bits per heavy atom. The highest BCUT2D eigenvalue weighted by molar-refractivity contribution is 5.97. The van der Waals surface area contributed by atoms with E-state index in [1.807, 2.05) is 0 Å². The molecule has 1 aromatic carbocycles. The normalized spacial score (nSPS) is 9.93. The second kappa shape index (κ2) is 4.13. The lowest BCUT2D eigenvalue weighted by Gasteiger charge is -2.02. The van der Waals surface area contributed by atoms with E-state index >= 15 is 0 Å². The lowest BCUT2D eigenvalue weighted by Crippen LogP contribution is -2.02. The summed E-state index contributed by atoms with van der Waals surface area (Å²) in [5.41, 5.74) is 0.183. The summed E-state index contributed by atoms with van der Waals surface area (Å²) < 4.78 is 25.9. The number of ketones is 1. The summed E-state index contributed by atoms with van der Waals surface area (Å²) in [6, 6.07) is 1.95. The zero-order chi connectivity index (χ0) is 10.7. The quantitative estimate of drug-likeness (QED) is 0.536. The summed E-state index contributed by atoms with van der Waals surface area (Å²) in [5.74, 6) is -1.85. The van der Waals surface area contributed by atoms with Gasteiger partial charge in [0, 0.05) is 12.5 Å². The maximum Gasteiger partial charge on any atom is 0.169 e. The number of hydrogen-bond donors (Lipinski definition) is 0. The Morgan fingerprint density at radius 2 is 2.07 bits per heavy atom. The molecule has 0 amide bonds. The number of benzene rings is 1. The fraction of sp³-hybridized carbons (Fsp3) is 0.182. The molecule has 0 atom stereocenters. The molecule has 0 fully saturated rings. The molecule has 3 heteroatoms. The molecule has 0 saturated carbocycles. The minimum absolute atomic E-state index is 0.0575. The van der Waals surface area contributed by atoms with Gasteiger partial charge in [-0.05, 0) is 18.6 Å². The molecule has 74 valence electrons. The minimum Gasteiger partial charge on any atom is -0.294 e. The van der Waals surface area contributed by atoms with Gasteiger partial charge in [0.25, 0.3) is 0 Å². The van der Waals surface area contributed by atoms with Gasteiger partial charge < -0.3 is 0 Å². The Balaban J connectivity index is 3.15. The van der Waals surface area contributed by atoms with Crippen molar-refractivity contribution in [3.05, 3.63) is 47.5 Å². The molecule has 1 nitrogen and oxygen atoms in total. The topological polar surface area (TPSA) is 17.1 Å². The Bertz CT molecular complexity index is 383. The van der Waals surface area contributed by atoms with Gasteiger partial charge in [0.05, 0.1) is 5.56 Å². The summed E-state index contributed by atoms with van der Waals surface area (Å²) in [4.78, 5) is 11.3. The molecule has 0 bridgehead atoms. The van der Waals surface area contributed by atoms with E-state index in [1.165, 1.54) is 19.1 Å². The lowest BCUT2D eigenvalue weighted by molar-refractivity contribution is 0.0992. The van der Waals surface area contributed by atoms with Gasteiger partial charge in [-0.25, -0.2) is 8.78 Å². The summed E-state index contributed by atoms with van der Waals surface area (Å²) in [6.45, 7) is 4.86. The number of carbonyl (C=O) groups excluding carboxylic acids is 1. The minimum atomic E-state index is -0.819. The van der Waals surface area contributed by atoms with Crippen LogP contribution in [0.5, 0.6) is 0 Å². The average Bonchev–Trinajstić information content (AvgIpc) is 2.11. The first kappa shape index (κ1) is 10.6. The second-order valence-electron chi connectivity index (χ2n) is 3.00. The number of allylic oxidation sites excluding steroid dienone is 1. The smallest absolute Gasteiger partial charge is 0.169 e. The van der Waals surface area contributed by atoms with Gasteiger partial charge in [0.1, 0.15) is 11.6 Å². The first-order chi connectivity index (χ1) is 6.56. The van der Waals surface area contributed by atoms with Crippen LogP contribution < -0.4 is 0 Å². The van der Waals surface area contributed by atoms with E-state index in [0.717, 1.165) is 6.07 Å². The number of aryl methyl sites for hydroxylation is 1. The van der Waals surface area contributed by atoms with E-state index in [0.29, 0.717) is 0 Å². The zero-order valence-corrected chi connectivity index (χ0v) is 7.81. The standard InChI is InChI=1S/C11H10F2O/c1-3-4-11(14)8-5-7(2)9(12)6-10(8)13/h3,5-6H,1,4H2,2H3. The van der Waals surface area contributed by atoms with E-state index in [9.17, 15) is 13.6 Å². The van der Waals surface area contributed by atoms with Gasteiger partial charge in [-0.2, -0.15) is 0 Å². The predicted octanol–water partition coefficient (Wildman–Crippen LogP) is 3.03. The highest BCUT2D eigenvalue weighted by Gasteiger charge is 2.12. The van der Waals surface area contributed by atoms with Gasteiger partial charge in [-0.1, -0.05) is 6.08 Å². The van der Waals surface area contributed by atoms with Crippen LogP contribution in [0.25, 0.3) is 0 Å². The van der Waals surface area contributed by atoms with Crippen LogP contribution in [0.1, 0.15) is 22.3 Å². The maximum absolute atomic E-state index is 13.1. The third-order valence-corrected chi connectivity index (χ3v) is 1.88. The van der Waals surface area contributed by atoms with Crippen molar-refractivity contribution in [2.45, 2.75) is 13.3 Å². The van der Waals surface area contributed by atoms with Crippen LogP contribution in [0.3, 0.4) is 0 Å². The highest BCUT2D eigenvalue weighted by atomic mass is 19.1. The van der Waals surface area contributed by atoms with Crippen LogP contribution in [0, 0.1) is 18.6 Å². The summed E-state index contributed by atoms with van der Waals surface area (Å²) in [7, 11) is 0. The molecule has 0 N–H and O–H groups in total. The van der Waals surface area contributed by atoms with Crippen molar-refractivity contribution in [2.24, 2.45) is 0 Å². The van der Waals surface area contributed by atoms with Gasteiger partial charge in [0.2, 0.25) is 0 Å². The molecule has 1 rings (SSSR count). The van der Waals surface area contributed by atoms with E-state index in [4.69, 9.17) is 0 Å². The fourth-order valence-corrected chi connectivity index (χ4v) is 1.11. The number of carbonyl (C=O) groups is 1. The number of halogens is 2. The van der Waals surface area contributed by atoms with Crippen molar-refractivity contribution in [1.82, 2.24) is 0 Å². The van der Waals surface area contributed by atoms with E-state index in [2.05, 4.69) is 6.58 Å². The summed E-state index contributed by atoms with van der Waals surface area (Å²) in [5, 5.41) is 0. The van der Waals surface area contributed by atoms with Crippen molar-refractivity contribution in [3.63, 3.8) is 0 Å². The molecule has 0 unspecified atom stereocenters. The molecule has 0 saturated heterocycles. The largest absolute Gasteiger partial charge is 0.294 e. The van der Waals surface area contributed by atoms with Crippen LogP contribution in [0.2, 0.25) is 0 Å². The Morgan fingerprint density at radius 1 is 1.43 bits per heavy atom. The molecular weight excluding hydrogens is 186 g/mol. The summed E-state index contributed by atoms with van der Waals surface area (Å²) >= 11 is 0. The number of rotatable bonds is 3. The molecule has 0 radical (unpaired) electrons. The van der Waals surface area contributed by atoms with Crippen LogP contribution >= 0.6 is 0 Å². The Kier molecular flexibility index (Phi) is 3.12. The van der Waals surface area contributed by atoms with Crippen LogP contribution in [0.15, 0.2) is 24.8 Å². The van der Waals surface area contributed by atoms with Crippen molar-refractivity contribution in [3.8, 4) is 0 Å². The monoisotopic (exact) mass is 196 g/mol. The number of hydrogen-bond acceptors (Lipinski definition) is 1. The van der Waals surface area contributed by atoms with Gasteiger partial charge in [-0.3, -0.25) is 4.79 Å². The van der Waals surface area contributed by atoms with Gasteiger partial charge >= 0.3 is 0 Å². The van der Waals surface area contributed by atoms with Crippen molar-refractivity contribution >= 4 is 5.78 Å². The van der Waals surface area contributed by atoms with Crippen LogP contribution in [-0.4, -0.2) is 5.78 Å². The van der Waals surface area contributed by atoms with Crippen molar-refractivity contribution in [1.29, 1.82) is 0 Å². The molecule has 0 aromatic heterocycles. The van der Waals surface area contributed by atoms with Crippen molar-refractivity contribution in [2.75, 3.05) is 0 Å². The van der Waals surface area contributed by atoms with E-state index in [-0.39, 0.29) is 23.3 Å². The predicted molar refractivity (Wildman–Crippen MR) is 50.2 cm³/mol. The first-order valence-corrected chi connectivity index (χ1v) is 4.16. The third kappa shape index (κ3) is 2.05. The van der Waals surface area contributed by atoms with E-state index in [1.54, 1.807) is 0 Å². The second-order valence-corrected chi connectivity index (χ2v) is 3.00. The van der Waals surface area contributed by atoms with Gasteiger partial charge in [0.15, 0.2) is 5.78 Å². The van der Waals surface area contributed by atoms with Crippen LogP contribution in [0.4, 0.5) is 8.78 Å². The molecule has 0 heterocycles. The average molecular weight is 196 g/mol. The zero-order valence-electron chi connectivity index (χ0n) is 7.81. The van der Waals surface area contributed by atoms with Crippen LogP contribution in [-0.2, 0) is 0 Å². The Hall–Kier alpha value is -1.51. The van der Waals surface area contributed by atoms with Crippen molar-refractivity contribution < 1.29 is 13.6 Å². The maximum atomic E-state index is 13.1. The third-order valence-electron chi connectivity index (χ3n) is 1.88. The fourth-order valence-electron chi connectivity index (χ4n) is 1.11. The van der Waals surface area contributed by atoms with E-state index < -0.39 is 11.6 Å². The lowest BCUT2D eigenvalue weighted by atomic mass is 10.0.